The van der Waals surface area contributed by atoms with E-state index >= 15 is 0 Å². The number of furan rings is 1. The van der Waals surface area contributed by atoms with Crippen LogP contribution in [0.5, 0.6) is 5.75 Å². The molecule has 0 radical (unpaired) electrons. The number of carbonyl (C=O) groups is 2. The van der Waals surface area contributed by atoms with Crippen molar-refractivity contribution in [2.75, 3.05) is 25.5 Å². The average Bonchev–Trinajstić information content (AvgIpc) is 3.04. The van der Waals surface area contributed by atoms with Crippen molar-refractivity contribution in [2.45, 2.75) is 13.5 Å². The van der Waals surface area contributed by atoms with Crippen LogP contribution in [0.15, 0.2) is 47.1 Å². The lowest BCUT2D eigenvalue weighted by atomic mass is 10.3. The van der Waals surface area contributed by atoms with E-state index < -0.39 is 0 Å². The minimum Gasteiger partial charge on any atom is -0.492 e. The number of ether oxygens (including phenoxy) is 1. The molecule has 2 N–H and O–H groups in total. The third-order valence-electron chi connectivity index (χ3n) is 3.12. The van der Waals surface area contributed by atoms with Crippen molar-refractivity contribution in [1.82, 2.24) is 10.2 Å². The Bertz CT molecular complexity index is 670. The molecule has 7 heteroatoms. The number of amides is 3. The third-order valence-corrected chi connectivity index (χ3v) is 3.12. The van der Waals surface area contributed by atoms with E-state index in [-0.39, 0.29) is 11.9 Å². The van der Waals surface area contributed by atoms with E-state index in [9.17, 15) is 9.59 Å². The molecule has 0 aliphatic carbocycles. The molecule has 0 saturated heterocycles. The molecule has 0 aliphatic rings. The molecule has 0 saturated carbocycles. The van der Waals surface area contributed by atoms with Crippen LogP contribution >= 0.6 is 0 Å². The van der Waals surface area contributed by atoms with Gasteiger partial charge < -0.3 is 24.7 Å². The van der Waals surface area contributed by atoms with Crippen molar-refractivity contribution in [3.8, 4) is 5.75 Å². The van der Waals surface area contributed by atoms with Gasteiger partial charge in [0.1, 0.15) is 18.1 Å². The summed E-state index contributed by atoms with van der Waals surface area (Å²) < 4.78 is 10.8. The van der Waals surface area contributed by atoms with E-state index in [2.05, 4.69) is 10.6 Å². The number of hydrogen-bond acceptors (Lipinski definition) is 4. The summed E-state index contributed by atoms with van der Waals surface area (Å²) in [5, 5.41) is 5.45. The predicted octanol–water partition coefficient (Wildman–Crippen LogP) is 2.46. The molecule has 24 heavy (non-hydrogen) atoms. The monoisotopic (exact) mass is 331 g/mol. The Balaban J connectivity index is 1.70. The second-order valence-corrected chi connectivity index (χ2v) is 5.22. The van der Waals surface area contributed by atoms with Gasteiger partial charge in [-0.1, -0.05) is 6.07 Å². The summed E-state index contributed by atoms with van der Waals surface area (Å²) in [6.07, 6.45) is 1.57. The molecular formula is C17H21N3O4. The van der Waals surface area contributed by atoms with Crippen LogP contribution in [0.3, 0.4) is 0 Å². The first-order valence-corrected chi connectivity index (χ1v) is 7.56. The quantitative estimate of drug-likeness (QED) is 0.763. The van der Waals surface area contributed by atoms with Crippen LogP contribution in [0.25, 0.3) is 0 Å². The van der Waals surface area contributed by atoms with Crippen molar-refractivity contribution in [3.05, 3.63) is 48.4 Å². The normalized spacial score (nSPS) is 10.1. The van der Waals surface area contributed by atoms with Crippen LogP contribution in [-0.4, -0.2) is 37.0 Å². The molecule has 1 heterocycles. The van der Waals surface area contributed by atoms with Gasteiger partial charge >= 0.3 is 6.03 Å². The van der Waals surface area contributed by atoms with Crippen LogP contribution in [0, 0.1) is 0 Å². The van der Waals surface area contributed by atoms with Crippen molar-refractivity contribution < 1.29 is 18.7 Å². The minimum atomic E-state index is -0.206. The molecule has 3 amide bonds. The summed E-state index contributed by atoms with van der Waals surface area (Å²) in [7, 11) is 1.69. The Morgan fingerprint density at radius 1 is 1.25 bits per heavy atom. The zero-order valence-corrected chi connectivity index (χ0v) is 13.7. The van der Waals surface area contributed by atoms with Crippen molar-refractivity contribution in [2.24, 2.45) is 0 Å². The number of rotatable bonds is 7. The maximum atomic E-state index is 11.9. The molecular weight excluding hydrogens is 310 g/mol. The minimum absolute atomic E-state index is 0.140. The molecule has 1 aromatic heterocycles. The standard InChI is InChI=1S/C17H21N3O4/c1-13(21)19-14-5-3-6-15(11-14)24-10-8-18-17(22)20(2)12-16-7-4-9-23-16/h3-7,9,11H,8,10,12H2,1-2H3,(H,18,22)(H,19,21). The van der Waals surface area contributed by atoms with Crippen LogP contribution in [-0.2, 0) is 11.3 Å². The van der Waals surface area contributed by atoms with Crippen molar-refractivity contribution in [3.63, 3.8) is 0 Å². The number of carbonyl (C=O) groups excluding carboxylic acids is 2. The second-order valence-electron chi connectivity index (χ2n) is 5.22. The highest BCUT2D eigenvalue weighted by Crippen LogP contribution is 2.17. The number of nitrogens with one attached hydrogen (secondary N) is 2. The van der Waals surface area contributed by atoms with E-state index in [0.29, 0.717) is 31.1 Å². The first-order chi connectivity index (χ1) is 11.5. The first-order valence-electron chi connectivity index (χ1n) is 7.56. The Kier molecular flexibility index (Phi) is 6.24. The lowest BCUT2D eigenvalue weighted by molar-refractivity contribution is -0.114. The van der Waals surface area contributed by atoms with E-state index in [1.54, 1.807) is 43.6 Å². The van der Waals surface area contributed by atoms with Crippen LogP contribution in [0.2, 0.25) is 0 Å². The molecule has 2 rings (SSSR count). The van der Waals surface area contributed by atoms with Gasteiger partial charge in [0.15, 0.2) is 0 Å². The van der Waals surface area contributed by atoms with E-state index in [1.807, 2.05) is 6.07 Å². The van der Waals surface area contributed by atoms with Gasteiger partial charge in [-0.15, -0.1) is 0 Å². The molecule has 7 nitrogen and oxygen atoms in total. The molecule has 1 aromatic carbocycles. The topological polar surface area (TPSA) is 83.8 Å². The van der Waals surface area contributed by atoms with Gasteiger partial charge in [0.25, 0.3) is 0 Å². The molecule has 2 aromatic rings. The maximum absolute atomic E-state index is 11.9. The van der Waals surface area contributed by atoms with Crippen LogP contribution < -0.4 is 15.4 Å². The Morgan fingerprint density at radius 2 is 2.08 bits per heavy atom. The average molecular weight is 331 g/mol. The SMILES string of the molecule is CC(=O)Nc1cccc(OCCNC(=O)N(C)Cc2ccco2)c1. The molecule has 0 unspecified atom stereocenters. The molecule has 0 aliphatic heterocycles. The van der Waals surface area contributed by atoms with Gasteiger partial charge in [0.05, 0.1) is 19.4 Å². The first kappa shape index (κ1) is 17.4. The smallest absolute Gasteiger partial charge is 0.317 e. The molecule has 0 atom stereocenters. The van der Waals surface area contributed by atoms with Gasteiger partial charge in [-0.3, -0.25) is 4.79 Å². The summed E-state index contributed by atoms with van der Waals surface area (Å²) in [5.74, 6) is 1.21. The number of anilines is 1. The summed E-state index contributed by atoms with van der Waals surface area (Å²) in [5.41, 5.74) is 0.669. The fourth-order valence-corrected chi connectivity index (χ4v) is 2.04. The highest BCUT2D eigenvalue weighted by atomic mass is 16.5. The third kappa shape index (κ3) is 5.68. The summed E-state index contributed by atoms with van der Waals surface area (Å²) in [6.45, 7) is 2.54. The number of nitrogens with zero attached hydrogens (tertiary/aromatic N) is 1. The second kappa shape index (κ2) is 8.61. The van der Waals surface area contributed by atoms with Crippen molar-refractivity contribution >= 4 is 17.6 Å². The Hall–Kier alpha value is -2.96. The summed E-state index contributed by atoms with van der Waals surface area (Å²) >= 11 is 0. The van der Waals surface area contributed by atoms with Gasteiger partial charge in [-0.05, 0) is 24.3 Å². The van der Waals surface area contributed by atoms with E-state index in [1.165, 1.54) is 11.8 Å². The zero-order chi connectivity index (χ0) is 17.4. The van der Waals surface area contributed by atoms with Gasteiger partial charge in [0.2, 0.25) is 5.91 Å². The number of urea groups is 1. The molecule has 0 bridgehead atoms. The highest BCUT2D eigenvalue weighted by molar-refractivity contribution is 5.88. The molecule has 128 valence electrons. The Labute approximate surface area is 140 Å². The zero-order valence-electron chi connectivity index (χ0n) is 13.7. The summed E-state index contributed by atoms with van der Waals surface area (Å²) in [4.78, 5) is 24.5. The molecule has 0 fully saturated rings. The van der Waals surface area contributed by atoms with Crippen molar-refractivity contribution in [1.29, 1.82) is 0 Å². The number of hydrogen-bond donors (Lipinski definition) is 2. The fraction of sp³-hybridized carbons (Fsp3) is 0.294. The largest absolute Gasteiger partial charge is 0.492 e. The lowest BCUT2D eigenvalue weighted by Crippen LogP contribution is -2.38. The van der Waals surface area contributed by atoms with E-state index in [4.69, 9.17) is 9.15 Å². The molecule has 0 spiro atoms. The van der Waals surface area contributed by atoms with Gasteiger partial charge in [-0.2, -0.15) is 0 Å². The predicted molar refractivity (Wildman–Crippen MR) is 89.8 cm³/mol. The Morgan fingerprint density at radius 3 is 2.79 bits per heavy atom. The van der Waals surface area contributed by atoms with Crippen LogP contribution in [0.4, 0.5) is 10.5 Å². The summed E-state index contributed by atoms with van der Waals surface area (Å²) in [6, 6.07) is 10.5. The maximum Gasteiger partial charge on any atom is 0.317 e. The fourth-order valence-electron chi connectivity index (χ4n) is 2.04. The van der Waals surface area contributed by atoms with Gasteiger partial charge in [0, 0.05) is 25.7 Å². The highest BCUT2D eigenvalue weighted by Gasteiger charge is 2.09. The van der Waals surface area contributed by atoms with E-state index in [0.717, 1.165) is 5.76 Å². The number of benzene rings is 1. The van der Waals surface area contributed by atoms with Gasteiger partial charge in [-0.25, -0.2) is 4.79 Å². The lowest BCUT2D eigenvalue weighted by Gasteiger charge is -2.16. The van der Waals surface area contributed by atoms with Crippen LogP contribution in [0.1, 0.15) is 12.7 Å².